The maximum Gasteiger partial charge on any atom is 0.407 e. The summed E-state index contributed by atoms with van der Waals surface area (Å²) in [5.74, 6) is -1.31. The van der Waals surface area contributed by atoms with E-state index in [1.165, 1.54) is 0 Å². The Morgan fingerprint density at radius 1 is 0.907 bits per heavy atom. The molecule has 244 valence electrons. The van der Waals surface area contributed by atoms with Gasteiger partial charge in [0.15, 0.2) is 0 Å². The molecule has 7 N–H and O–H groups in total. The number of nitrogens with one attached hydrogen (secondary N) is 5. The lowest BCUT2D eigenvalue weighted by atomic mass is 9.92. The Balaban J connectivity index is 2.82. The number of unbranched alkanes of at least 4 members (excludes halogenated alkanes) is 4. The van der Waals surface area contributed by atoms with Crippen LogP contribution in [0.15, 0.2) is 23.8 Å². The third-order valence-electron chi connectivity index (χ3n) is 7.16. The lowest BCUT2D eigenvalue weighted by Crippen LogP contribution is -2.56. The van der Waals surface area contributed by atoms with E-state index < -0.39 is 30.1 Å². The molecule has 12 nitrogen and oxygen atoms in total. The molecule has 1 aliphatic carbocycles. The van der Waals surface area contributed by atoms with Gasteiger partial charge in [0.2, 0.25) is 17.7 Å². The molecule has 0 spiro atoms. The van der Waals surface area contributed by atoms with Crippen molar-refractivity contribution in [1.82, 2.24) is 26.6 Å². The van der Waals surface area contributed by atoms with Crippen LogP contribution in [-0.2, 0) is 19.1 Å². The van der Waals surface area contributed by atoms with Gasteiger partial charge in [0.25, 0.3) is 0 Å². The van der Waals surface area contributed by atoms with Gasteiger partial charge in [-0.3, -0.25) is 14.4 Å². The van der Waals surface area contributed by atoms with Crippen LogP contribution in [0.25, 0.3) is 0 Å². The van der Waals surface area contributed by atoms with Crippen LogP contribution in [0.1, 0.15) is 92.4 Å². The third-order valence-corrected chi connectivity index (χ3v) is 7.16. The van der Waals surface area contributed by atoms with Crippen molar-refractivity contribution < 1.29 is 28.7 Å². The molecule has 0 aromatic heterocycles. The Labute approximate surface area is 256 Å². The molecule has 43 heavy (non-hydrogen) atoms. The molecule has 1 rings (SSSR count). The van der Waals surface area contributed by atoms with Crippen LogP contribution >= 0.6 is 0 Å². The van der Waals surface area contributed by atoms with Crippen molar-refractivity contribution in [3.8, 4) is 0 Å². The molecule has 0 saturated carbocycles. The molecule has 2 unspecified atom stereocenters. The summed E-state index contributed by atoms with van der Waals surface area (Å²) in [4.78, 5) is 62.2. The van der Waals surface area contributed by atoms with Gasteiger partial charge in [-0.1, -0.05) is 78.5 Å². The monoisotopic (exact) mass is 606 g/mol. The van der Waals surface area contributed by atoms with E-state index in [0.29, 0.717) is 19.4 Å². The standard InChI is InChI=1S/C31H54N6O6/c1-6-8-10-11-14-26(38)37-27(21(3)4)29(40)36-25(13-12-18-33-30(32)41)28(39)35-24-16-15-23(19-22(24)5)20-43-31(42)34-17-9-7-2/h15-16,19,21-22,24-25,27H,6-14,17-18,20H2,1-5H3,(H,34,42)(H,35,39)(H,36,40)(H,37,38)(H3,32,33,41)/t22?,24?,25-,27+/m0/s1. The van der Waals surface area contributed by atoms with Gasteiger partial charge in [0.05, 0.1) is 6.04 Å². The molecule has 0 saturated heterocycles. The van der Waals surface area contributed by atoms with Crippen molar-refractivity contribution in [2.24, 2.45) is 17.6 Å². The summed E-state index contributed by atoms with van der Waals surface area (Å²) in [7, 11) is 0. The van der Waals surface area contributed by atoms with Gasteiger partial charge < -0.3 is 37.1 Å². The van der Waals surface area contributed by atoms with Crippen LogP contribution < -0.4 is 32.3 Å². The normalized spacial score (nSPS) is 17.3. The van der Waals surface area contributed by atoms with Crippen LogP contribution in [0.2, 0.25) is 0 Å². The minimum atomic E-state index is -0.897. The van der Waals surface area contributed by atoms with Gasteiger partial charge in [0.1, 0.15) is 18.7 Å². The molecule has 0 radical (unpaired) electrons. The summed E-state index contributed by atoms with van der Waals surface area (Å²) in [6, 6.07) is -2.71. The zero-order valence-electron chi connectivity index (χ0n) is 26.6. The summed E-state index contributed by atoms with van der Waals surface area (Å²) in [6.07, 6.45) is 11.8. The van der Waals surface area contributed by atoms with Crippen LogP contribution in [0.3, 0.4) is 0 Å². The van der Waals surface area contributed by atoms with E-state index in [0.717, 1.165) is 44.1 Å². The van der Waals surface area contributed by atoms with Gasteiger partial charge >= 0.3 is 12.1 Å². The molecule has 12 heteroatoms. The highest BCUT2D eigenvalue weighted by Crippen LogP contribution is 2.18. The first-order chi connectivity index (χ1) is 20.5. The lowest BCUT2D eigenvalue weighted by Gasteiger charge is -2.28. The van der Waals surface area contributed by atoms with Crippen LogP contribution in [0.4, 0.5) is 9.59 Å². The van der Waals surface area contributed by atoms with E-state index in [2.05, 4.69) is 33.5 Å². The van der Waals surface area contributed by atoms with E-state index in [1.54, 1.807) is 6.08 Å². The Bertz CT molecular complexity index is 966. The minimum Gasteiger partial charge on any atom is -0.445 e. The van der Waals surface area contributed by atoms with E-state index in [9.17, 15) is 24.0 Å². The molecule has 0 aromatic carbocycles. The van der Waals surface area contributed by atoms with Crippen molar-refractivity contribution in [3.05, 3.63) is 23.8 Å². The number of amides is 6. The molecular formula is C31H54N6O6. The fourth-order valence-electron chi connectivity index (χ4n) is 4.55. The number of urea groups is 1. The largest absolute Gasteiger partial charge is 0.445 e. The van der Waals surface area contributed by atoms with E-state index >= 15 is 0 Å². The smallest absolute Gasteiger partial charge is 0.407 e. The van der Waals surface area contributed by atoms with Gasteiger partial charge in [0, 0.05) is 19.5 Å². The van der Waals surface area contributed by atoms with Gasteiger partial charge in [-0.2, -0.15) is 0 Å². The topological polar surface area (TPSA) is 181 Å². The molecule has 0 heterocycles. The number of hydrogen-bond donors (Lipinski definition) is 6. The second-order valence-corrected chi connectivity index (χ2v) is 11.4. The number of hydrogen-bond acceptors (Lipinski definition) is 6. The van der Waals surface area contributed by atoms with Crippen molar-refractivity contribution in [2.45, 2.75) is 111 Å². The van der Waals surface area contributed by atoms with Crippen molar-refractivity contribution in [2.75, 3.05) is 19.7 Å². The quantitative estimate of drug-likeness (QED) is 0.116. The number of carbonyl (C=O) groups is 5. The number of nitrogens with two attached hydrogens (primary N) is 1. The molecule has 0 bridgehead atoms. The SMILES string of the molecule is CCCCCCC(=O)N[C@@H](C(=O)N[C@@H](CCCNC(N)=O)C(=O)NC1C=CC(COC(=O)NCCCC)=CC1C)C(C)C. The Hall–Kier alpha value is -3.57. The number of alkyl carbamates (subject to hydrolysis) is 1. The number of primary amides is 1. The van der Waals surface area contributed by atoms with Crippen molar-refractivity contribution >= 4 is 29.8 Å². The predicted octanol–water partition coefficient (Wildman–Crippen LogP) is 3.17. The first-order valence-corrected chi connectivity index (χ1v) is 15.7. The highest BCUT2D eigenvalue weighted by Gasteiger charge is 2.30. The number of rotatable bonds is 20. The molecule has 6 amide bonds. The summed E-state index contributed by atoms with van der Waals surface area (Å²) in [5, 5.41) is 13.8. The minimum absolute atomic E-state index is 0.0982. The Morgan fingerprint density at radius 2 is 1.60 bits per heavy atom. The van der Waals surface area contributed by atoms with Crippen molar-refractivity contribution in [1.29, 1.82) is 0 Å². The highest BCUT2D eigenvalue weighted by molar-refractivity contribution is 5.92. The van der Waals surface area contributed by atoms with Crippen molar-refractivity contribution in [3.63, 3.8) is 0 Å². The fourth-order valence-corrected chi connectivity index (χ4v) is 4.55. The van der Waals surface area contributed by atoms with Gasteiger partial charge in [-0.05, 0) is 43.1 Å². The molecule has 4 atom stereocenters. The van der Waals surface area contributed by atoms with E-state index in [1.807, 2.05) is 39.8 Å². The predicted molar refractivity (Wildman–Crippen MR) is 167 cm³/mol. The highest BCUT2D eigenvalue weighted by atomic mass is 16.5. The molecular weight excluding hydrogens is 552 g/mol. The van der Waals surface area contributed by atoms with Gasteiger partial charge in [-0.25, -0.2) is 9.59 Å². The van der Waals surface area contributed by atoms with Crippen LogP contribution in [0, 0.1) is 11.8 Å². The summed E-state index contributed by atoms with van der Waals surface area (Å²) >= 11 is 0. The first kappa shape index (κ1) is 37.5. The first-order valence-electron chi connectivity index (χ1n) is 15.7. The summed E-state index contributed by atoms with van der Waals surface area (Å²) < 4.78 is 5.27. The zero-order chi connectivity index (χ0) is 32.2. The molecule has 0 aromatic rings. The Kier molecular flexibility index (Phi) is 18.4. The maximum absolute atomic E-state index is 13.4. The number of carbonyl (C=O) groups excluding carboxylic acids is 5. The molecule has 1 aliphatic rings. The number of ether oxygens (including phenoxy) is 1. The second-order valence-electron chi connectivity index (χ2n) is 11.4. The second kappa shape index (κ2) is 21.2. The average Bonchev–Trinajstić information content (AvgIpc) is 2.95. The maximum atomic E-state index is 13.4. The van der Waals surface area contributed by atoms with Crippen LogP contribution in [0.5, 0.6) is 0 Å². The lowest BCUT2D eigenvalue weighted by molar-refractivity contribution is -0.133. The van der Waals surface area contributed by atoms with Gasteiger partial charge in [-0.15, -0.1) is 0 Å². The molecule has 0 aliphatic heterocycles. The van der Waals surface area contributed by atoms with E-state index in [4.69, 9.17) is 10.5 Å². The Morgan fingerprint density at radius 3 is 2.23 bits per heavy atom. The zero-order valence-corrected chi connectivity index (χ0v) is 26.6. The summed E-state index contributed by atoms with van der Waals surface area (Å²) in [6.45, 7) is 10.7. The third kappa shape index (κ3) is 16.0. The summed E-state index contributed by atoms with van der Waals surface area (Å²) in [5.41, 5.74) is 5.97. The fraction of sp³-hybridized carbons (Fsp3) is 0.710. The van der Waals surface area contributed by atoms with E-state index in [-0.39, 0.29) is 49.3 Å². The average molecular weight is 607 g/mol. The van der Waals surface area contributed by atoms with Crippen LogP contribution in [-0.4, -0.2) is 67.7 Å². The molecule has 0 fully saturated rings.